The van der Waals surface area contributed by atoms with Crippen LogP contribution in [0.25, 0.3) is 33.2 Å². The van der Waals surface area contributed by atoms with Crippen LogP contribution in [-0.2, 0) is 11.8 Å². The number of ether oxygens (including phenoxy) is 2. The van der Waals surface area contributed by atoms with Crippen LogP contribution in [0.3, 0.4) is 0 Å². The monoisotopic (exact) mass is 498 g/mol. The molecule has 0 spiro atoms. The van der Waals surface area contributed by atoms with Gasteiger partial charge in [0.2, 0.25) is 0 Å². The summed E-state index contributed by atoms with van der Waals surface area (Å²) >= 11 is 0. The zero-order valence-corrected chi connectivity index (χ0v) is 20.8. The van der Waals surface area contributed by atoms with Crippen molar-refractivity contribution in [1.82, 2.24) is 34.5 Å². The summed E-state index contributed by atoms with van der Waals surface area (Å²) in [6.45, 7) is 3.95. The highest BCUT2D eigenvalue weighted by molar-refractivity contribution is 5.98. The number of carbonyl (C=O) groups excluding carboxylic acids is 1. The Kier molecular flexibility index (Phi) is 5.67. The predicted molar refractivity (Wildman–Crippen MR) is 137 cm³/mol. The SMILES string of the molecule is CCOC(=O)n1nc(-c2cnn(C)c2)c2cc(O[C@H](C)c3nc(NC4CC4)cc4nccnc34)ccc21. The van der Waals surface area contributed by atoms with E-state index in [-0.39, 0.29) is 6.61 Å². The van der Waals surface area contributed by atoms with E-state index in [1.807, 2.05) is 38.4 Å². The first-order valence-corrected chi connectivity index (χ1v) is 12.2. The van der Waals surface area contributed by atoms with Gasteiger partial charge in [-0.05, 0) is 44.9 Å². The average molecular weight is 499 g/mol. The molecule has 0 unspecified atom stereocenters. The molecule has 11 nitrogen and oxygen atoms in total. The fourth-order valence-electron chi connectivity index (χ4n) is 4.30. The van der Waals surface area contributed by atoms with Gasteiger partial charge < -0.3 is 14.8 Å². The number of benzene rings is 1. The molecule has 1 aliphatic rings. The molecular weight excluding hydrogens is 472 g/mol. The molecule has 4 aromatic heterocycles. The van der Waals surface area contributed by atoms with E-state index in [1.165, 1.54) is 4.68 Å². The third-order valence-electron chi connectivity index (χ3n) is 6.18. The maximum atomic E-state index is 12.6. The van der Waals surface area contributed by atoms with E-state index in [4.69, 9.17) is 14.5 Å². The zero-order chi connectivity index (χ0) is 25.5. The minimum absolute atomic E-state index is 0.250. The van der Waals surface area contributed by atoms with Gasteiger partial charge in [-0.3, -0.25) is 14.6 Å². The van der Waals surface area contributed by atoms with Crippen molar-refractivity contribution >= 4 is 33.8 Å². The Hall–Kier alpha value is -4.54. The van der Waals surface area contributed by atoms with Crippen LogP contribution in [0.4, 0.5) is 10.6 Å². The molecule has 188 valence electrons. The number of aromatic nitrogens is 7. The Balaban J connectivity index is 1.39. The number of pyridine rings is 1. The first-order valence-electron chi connectivity index (χ1n) is 12.2. The lowest BCUT2D eigenvalue weighted by atomic mass is 10.1. The van der Waals surface area contributed by atoms with Crippen molar-refractivity contribution < 1.29 is 14.3 Å². The normalized spacial score (nSPS) is 14.1. The van der Waals surface area contributed by atoms with Gasteiger partial charge in [0.25, 0.3) is 0 Å². The summed E-state index contributed by atoms with van der Waals surface area (Å²) in [5, 5.41) is 13.0. The third-order valence-corrected chi connectivity index (χ3v) is 6.18. The van der Waals surface area contributed by atoms with Crippen LogP contribution in [0.15, 0.2) is 49.1 Å². The van der Waals surface area contributed by atoms with Crippen molar-refractivity contribution in [3.63, 3.8) is 0 Å². The molecule has 0 radical (unpaired) electrons. The molecule has 1 fully saturated rings. The minimum Gasteiger partial charge on any atom is -0.484 e. The summed E-state index contributed by atoms with van der Waals surface area (Å²) in [4.78, 5) is 26.4. The summed E-state index contributed by atoms with van der Waals surface area (Å²) in [7, 11) is 1.83. The smallest absolute Gasteiger partial charge is 0.435 e. The number of nitrogens with zero attached hydrogens (tertiary/aromatic N) is 7. The van der Waals surface area contributed by atoms with E-state index < -0.39 is 12.2 Å². The molecule has 1 N–H and O–H groups in total. The van der Waals surface area contributed by atoms with Crippen LogP contribution >= 0.6 is 0 Å². The Morgan fingerprint density at radius 3 is 2.81 bits per heavy atom. The van der Waals surface area contributed by atoms with Gasteiger partial charge in [-0.1, -0.05) is 0 Å². The van der Waals surface area contributed by atoms with Crippen LogP contribution < -0.4 is 10.1 Å². The topological polar surface area (TPSA) is 122 Å². The maximum absolute atomic E-state index is 12.6. The van der Waals surface area contributed by atoms with Crippen molar-refractivity contribution in [1.29, 1.82) is 0 Å². The maximum Gasteiger partial charge on any atom is 0.435 e. The molecule has 1 aliphatic carbocycles. The van der Waals surface area contributed by atoms with Crippen LogP contribution in [0.2, 0.25) is 0 Å². The van der Waals surface area contributed by atoms with E-state index in [0.717, 1.165) is 35.1 Å². The average Bonchev–Trinajstić information content (AvgIpc) is 3.47. The second kappa shape index (κ2) is 9.16. The van der Waals surface area contributed by atoms with Crippen molar-refractivity contribution in [2.24, 2.45) is 7.05 Å². The first-order chi connectivity index (χ1) is 18.0. The summed E-state index contributed by atoms with van der Waals surface area (Å²) in [5.74, 6) is 1.37. The van der Waals surface area contributed by atoms with Crippen molar-refractivity contribution in [3.05, 3.63) is 54.7 Å². The summed E-state index contributed by atoms with van der Waals surface area (Å²) in [6.07, 6.45) is 8.21. The number of fused-ring (bicyclic) bond motifs is 2. The quantitative estimate of drug-likeness (QED) is 0.346. The van der Waals surface area contributed by atoms with Gasteiger partial charge in [-0.25, -0.2) is 9.78 Å². The number of nitrogens with one attached hydrogen (secondary N) is 1. The highest BCUT2D eigenvalue weighted by Crippen LogP contribution is 2.34. The fourth-order valence-corrected chi connectivity index (χ4v) is 4.30. The molecule has 4 heterocycles. The van der Waals surface area contributed by atoms with Crippen molar-refractivity contribution in [2.75, 3.05) is 11.9 Å². The summed E-state index contributed by atoms with van der Waals surface area (Å²) in [6, 6.07) is 7.86. The Morgan fingerprint density at radius 1 is 1.22 bits per heavy atom. The Morgan fingerprint density at radius 2 is 2.05 bits per heavy atom. The molecule has 1 saturated carbocycles. The first kappa shape index (κ1) is 22.9. The lowest BCUT2D eigenvalue weighted by Gasteiger charge is -2.17. The third kappa shape index (κ3) is 4.44. The van der Waals surface area contributed by atoms with Crippen LogP contribution in [0.5, 0.6) is 5.75 Å². The molecular formula is C26H26N8O3. The van der Waals surface area contributed by atoms with Gasteiger partial charge in [0.15, 0.2) is 0 Å². The molecule has 1 aromatic carbocycles. The molecule has 37 heavy (non-hydrogen) atoms. The second-order valence-corrected chi connectivity index (χ2v) is 9.04. The Bertz CT molecular complexity index is 1620. The summed E-state index contributed by atoms with van der Waals surface area (Å²) < 4.78 is 14.5. The number of hydrogen-bond acceptors (Lipinski definition) is 9. The molecule has 0 bridgehead atoms. The van der Waals surface area contributed by atoms with Crippen LogP contribution in [-0.4, -0.2) is 53.3 Å². The number of carbonyl (C=O) groups is 1. The van der Waals surface area contributed by atoms with E-state index in [1.54, 1.807) is 36.3 Å². The standard InChI is InChI=1S/C26H26N8O3/c1-4-36-26(35)34-21-8-7-18(11-19(21)24(32-34)16-13-29-33(3)14-16)37-15(2)23-25-20(27-9-10-28-25)12-22(31-23)30-17-5-6-17/h7-15,17H,4-6H2,1-3H3,(H,30,31)/t15-/m1/s1. The highest BCUT2D eigenvalue weighted by atomic mass is 16.6. The van der Waals surface area contributed by atoms with Crippen LogP contribution in [0.1, 0.15) is 38.5 Å². The highest BCUT2D eigenvalue weighted by Gasteiger charge is 2.24. The largest absolute Gasteiger partial charge is 0.484 e. The molecule has 0 saturated heterocycles. The van der Waals surface area contributed by atoms with Gasteiger partial charge in [-0.2, -0.15) is 14.9 Å². The second-order valence-electron chi connectivity index (χ2n) is 9.04. The number of anilines is 1. The molecule has 5 aromatic rings. The van der Waals surface area contributed by atoms with Gasteiger partial charge >= 0.3 is 6.09 Å². The van der Waals surface area contributed by atoms with Gasteiger partial charge in [-0.15, -0.1) is 0 Å². The molecule has 0 amide bonds. The van der Waals surface area contributed by atoms with Gasteiger partial charge in [0, 0.05) is 48.7 Å². The molecule has 0 aliphatic heterocycles. The van der Waals surface area contributed by atoms with Crippen molar-refractivity contribution in [2.45, 2.75) is 38.8 Å². The molecule has 11 heteroatoms. The van der Waals surface area contributed by atoms with Gasteiger partial charge in [0.05, 0.1) is 23.8 Å². The molecule has 6 rings (SSSR count). The number of hydrogen-bond donors (Lipinski definition) is 1. The van der Waals surface area contributed by atoms with E-state index in [9.17, 15) is 4.79 Å². The zero-order valence-electron chi connectivity index (χ0n) is 20.8. The van der Waals surface area contributed by atoms with E-state index in [2.05, 4.69) is 25.5 Å². The van der Waals surface area contributed by atoms with Crippen LogP contribution in [0, 0.1) is 0 Å². The van der Waals surface area contributed by atoms with E-state index in [0.29, 0.717) is 34.2 Å². The Labute approximate surface area is 212 Å². The lowest BCUT2D eigenvalue weighted by Crippen LogP contribution is -2.14. The number of rotatable bonds is 7. The van der Waals surface area contributed by atoms with Crippen molar-refractivity contribution in [3.8, 4) is 17.0 Å². The summed E-state index contributed by atoms with van der Waals surface area (Å²) in [5.41, 5.74) is 4.16. The minimum atomic E-state index is -0.543. The van der Waals surface area contributed by atoms with E-state index >= 15 is 0 Å². The fraction of sp³-hybridized carbons (Fsp3) is 0.308. The predicted octanol–water partition coefficient (Wildman–Crippen LogP) is 4.49. The number of aryl methyl sites for hydroxylation is 1. The van der Waals surface area contributed by atoms with Gasteiger partial charge in [0.1, 0.15) is 34.6 Å². The lowest BCUT2D eigenvalue weighted by molar-refractivity contribution is 0.151. The molecule has 1 atom stereocenters.